The van der Waals surface area contributed by atoms with Gasteiger partial charge in [-0.1, -0.05) is 18.2 Å². The molecule has 0 radical (unpaired) electrons. The molecule has 1 aromatic carbocycles. The highest BCUT2D eigenvalue weighted by atomic mass is 32.2. The molecule has 1 aliphatic rings. The van der Waals surface area contributed by atoms with E-state index >= 15 is 0 Å². The molecule has 28 heavy (non-hydrogen) atoms. The quantitative estimate of drug-likeness (QED) is 0.633. The van der Waals surface area contributed by atoms with Gasteiger partial charge in [-0.25, -0.2) is 8.42 Å². The van der Waals surface area contributed by atoms with Gasteiger partial charge in [0.2, 0.25) is 5.91 Å². The third-order valence-electron chi connectivity index (χ3n) is 4.91. The Labute approximate surface area is 167 Å². The average Bonchev–Trinajstić information content (AvgIpc) is 3.06. The van der Waals surface area contributed by atoms with Crippen molar-refractivity contribution in [3.8, 4) is 0 Å². The smallest absolute Gasteiger partial charge is 0.222 e. The molecule has 0 aliphatic carbocycles. The van der Waals surface area contributed by atoms with Crippen LogP contribution in [-0.2, 0) is 34.1 Å². The minimum Gasteiger partial charge on any atom is -0.463 e. The summed E-state index contributed by atoms with van der Waals surface area (Å²) in [4.78, 5) is 16.7. The van der Waals surface area contributed by atoms with Gasteiger partial charge in [-0.2, -0.15) is 0 Å². The zero-order valence-electron chi connectivity index (χ0n) is 16.6. The third kappa shape index (κ3) is 5.23. The van der Waals surface area contributed by atoms with Gasteiger partial charge in [-0.3, -0.25) is 4.79 Å². The van der Waals surface area contributed by atoms with E-state index in [0.29, 0.717) is 37.2 Å². The van der Waals surface area contributed by atoms with Crippen LogP contribution >= 0.6 is 0 Å². The van der Waals surface area contributed by atoms with Crippen molar-refractivity contribution in [1.29, 1.82) is 0 Å². The largest absolute Gasteiger partial charge is 0.463 e. The maximum absolute atomic E-state index is 12.5. The molecule has 2 heterocycles. The van der Waals surface area contributed by atoms with Crippen LogP contribution in [0.4, 0.5) is 0 Å². The van der Waals surface area contributed by atoms with Crippen molar-refractivity contribution in [2.75, 3.05) is 26.4 Å². The second-order valence-electron chi connectivity index (χ2n) is 7.55. The van der Waals surface area contributed by atoms with Gasteiger partial charge in [0.05, 0.1) is 23.7 Å². The highest BCUT2D eigenvalue weighted by molar-refractivity contribution is 7.91. The summed E-state index contributed by atoms with van der Waals surface area (Å²) < 4.78 is 30.5. The number of rotatable bonds is 8. The predicted molar refractivity (Wildman–Crippen MR) is 108 cm³/mol. The molecule has 2 aromatic rings. The lowest BCUT2D eigenvalue weighted by Crippen LogP contribution is -2.35. The fraction of sp³-hybridized carbons (Fsp3) is 0.476. The number of hydrogen-bond acceptors (Lipinski definition) is 5. The molecule has 7 heteroatoms. The highest BCUT2D eigenvalue weighted by Gasteiger charge is 2.24. The number of unbranched alkanes of at least 4 members (excludes halogenated alkanes) is 1. The summed E-state index contributed by atoms with van der Waals surface area (Å²) in [7, 11) is 0.717. The summed E-state index contributed by atoms with van der Waals surface area (Å²) in [5.74, 6) is 1.94. The van der Waals surface area contributed by atoms with E-state index in [2.05, 4.69) is 11.0 Å². The Balaban J connectivity index is 1.46. The molecule has 0 atom stereocenters. The molecule has 1 aromatic heterocycles. The Kier molecular flexibility index (Phi) is 6.57. The Hall–Kier alpha value is -2.12. The molecular formula is C21H28N2O4S. The zero-order valence-corrected chi connectivity index (χ0v) is 17.4. The van der Waals surface area contributed by atoms with Crippen molar-refractivity contribution < 1.29 is 17.6 Å². The first-order valence-electron chi connectivity index (χ1n) is 9.66. The molecular weight excluding hydrogens is 376 g/mol. The first-order chi connectivity index (χ1) is 13.3. The van der Waals surface area contributed by atoms with Crippen LogP contribution in [0.2, 0.25) is 0 Å². The fourth-order valence-electron chi connectivity index (χ4n) is 3.46. The Morgan fingerprint density at radius 1 is 1.18 bits per heavy atom. The van der Waals surface area contributed by atoms with Crippen molar-refractivity contribution in [3.05, 3.63) is 53.5 Å². The Morgan fingerprint density at radius 2 is 1.93 bits per heavy atom. The standard InChI is InChI=1S/C21H28N2O4S/c1-22(2)15-18-14-17-11-12-23(16-20(17)27-18)21(24)10-6-7-13-28(25,26)19-8-4-3-5-9-19/h3-5,8-9,14H,6-7,10-13,15-16H2,1-2H3. The number of hydrogen-bond donors (Lipinski definition) is 0. The molecule has 1 aliphatic heterocycles. The summed E-state index contributed by atoms with van der Waals surface area (Å²) in [6.07, 6.45) is 2.22. The highest BCUT2D eigenvalue weighted by Crippen LogP contribution is 2.24. The van der Waals surface area contributed by atoms with Gasteiger partial charge in [0.1, 0.15) is 11.5 Å². The lowest BCUT2D eigenvalue weighted by molar-refractivity contribution is -0.132. The minimum absolute atomic E-state index is 0.0633. The number of benzene rings is 1. The van der Waals surface area contributed by atoms with E-state index < -0.39 is 9.84 Å². The van der Waals surface area contributed by atoms with Crippen molar-refractivity contribution in [2.45, 2.75) is 43.7 Å². The van der Waals surface area contributed by atoms with E-state index in [4.69, 9.17) is 4.42 Å². The number of furan rings is 1. The molecule has 0 unspecified atom stereocenters. The number of carbonyl (C=O) groups excluding carboxylic acids is 1. The zero-order chi connectivity index (χ0) is 20.1. The predicted octanol–water partition coefficient (Wildman–Crippen LogP) is 2.87. The van der Waals surface area contributed by atoms with Gasteiger partial charge in [-0.05, 0) is 57.1 Å². The van der Waals surface area contributed by atoms with Gasteiger partial charge < -0.3 is 14.2 Å². The summed E-state index contributed by atoms with van der Waals surface area (Å²) in [5.41, 5.74) is 1.19. The number of carbonyl (C=O) groups is 1. The average molecular weight is 405 g/mol. The van der Waals surface area contributed by atoms with Crippen LogP contribution < -0.4 is 0 Å². The molecule has 1 amide bonds. The second-order valence-corrected chi connectivity index (χ2v) is 9.66. The van der Waals surface area contributed by atoms with Crippen LogP contribution in [0.5, 0.6) is 0 Å². The molecule has 3 rings (SSSR count). The van der Waals surface area contributed by atoms with Crippen molar-refractivity contribution >= 4 is 15.7 Å². The molecule has 6 nitrogen and oxygen atoms in total. The molecule has 152 valence electrons. The van der Waals surface area contributed by atoms with Crippen LogP contribution in [0.15, 0.2) is 45.7 Å². The first kappa shape index (κ1) is 20.6. The Bertz CT molecular complexity index is 904. The number of fused-ring (bicyclic) bond motifs is 1. The lowest BCUT2D eigenvalue weighted by Gasteiger charge is -2.26. The fourth-order valence-corrected chi connectivity index (χ4v) is 4.85. The van der Waals surface area contributed by atoms with Crippen LogP contribution in [0.25, 0.3) is 0 Å². The molecule has 0 fully saturated rings. The Morgan fingerprint density at radius 3 is 2.64 bits per heavy atom. The molecule has 0 spiro atoms. The lowest BCUT2D eigenvalue weighted by atomic mass is 10.1. The van der Waals surface area contributed by atoms with Crippen molar-refractivity contribution in [1.82, 2.24) is 9.80 Å². The summed E-state index contributed by atoms with van der Waals surface area (Å²) in [6, 6.07) is 10.6. The van der Waals surface area contributed by atoms with E-state index in [1.54, 1.807) is 30.3 Å². The summed E-state index contributed by atoms with van der Waals surface area (Å²) in [6.45, 7) is 1.94. The second kappa shape index (κ2) is 8.92. The normalized spacial score (nSPS) is 14.3. The monoisotopic (exact) mass is 404 g/mol. The molecule has 0 saturated heterocycles. The maximum atomic E-state index is 12.5. The van der Waals surface area contributed by atoms with Gasteiger partial charge in [-0.15, -0.1) is 0 Å². The van der Waals surface area contributed by atoms with Gasteiger partial charge in [0.25, 0.3) is 0 Å². The van der Waals surface area contributed by atoms with E-state index in [1.165, 1.54) is 5.56 Å². The summed E-state index contributed by atoms with van der Waals surface area (Å²) in [5, 5.41) is 0. The van der Waals surface area contributed by atoms with Crippen LogP contribution in [0, 0.1) is 0 Å². The van der Waals surface area contributed by atoms with E-state index in [0.717, 1.165) is 24.5 Å². The van der Waals surface area contributed by atoms with Crippen LogP contribution in [0.3, 0.4) is 0 Å². The van der Waals surface area contributed by atoms with Gasteiger partial charge in [0, 0.05) is 13.0 Å². The SMILES string of the molecule is CN(C)Cc1cc2c(o1)CN(C(=O)CCCCS(=O)(=O)c1ccccc1)CC2. The van der Waals surface area contributed by atoms with Crippen LogP contribution in [0.1, 0.15) is 36.3 Å². The number of sulfone groups is 1. The van der Waals surface area contributed by atoms with E-state index in [-0.39, 0.29) is 11.7 Å². The van der Waals surface area contributed by atoms with E-state index in [9.17, 15) is 13.2 Å². The van der Waals surface area contributed by atoms with E-state index in [1.807, 2.05) is 19.0 Å². The number of nitrogens with zero attached hydrogens (tertiary/aromatic N) is 2. The molecule has 0 bridgehead atoms. The third-order valence-corrected chi connectivity index (χ3v) is 6.73. The topological polar surface area (TPSA) is 70.8 Å². The maximum Gasteiger partial charge on any atom is 0.222 e. The first-order valence-corrected chi connectivity index (χ1v) is 11.3. The molecule has 0 saturated carbocycles. The van der Waals surface area contributed by atoms with Crippen LogP contribution in [-0.4, -0.2) is 50.5 Å². The minimum atomic E-state index is -3.27. The number of amides is 1. The summed E-state index contributed by atoms with van der Waals surface area (Å²) >= 11 is 0. The van der Waals surface area contributed by atoms with Crippen molar-refractivity contribution in [3.63, 3.8) is 0 Å². The molecule has 0 N–H and O–H groups in total. The van der Waals surface area contributed by atoms with Gasteiger partial charge >= 0.3 is 0 Å². The van der Waals surface area contributed by atoms with Gasteiger partial charge in [0.15, 0.2) is 9.84 Å². The van der Waals surface area contributed by atoms with Crippen molar-refractivity contribution in [2.24, 2.45) is 0 Å².